The zero-order chi connectivity index (χ0) is 13.9. The molecule has 0 amide bonds. The van der Waals surface area contributed by atoms with Gasteiger partial charge in [0.1, 0.15) is 5.54 Å². The van der Waals surface area contributed by atoms with E-state index in [2.05, 4.69) is 25.2 Å². The van der Waals surface area contributed by atoms with Gasteiger partial charge in [0.2, 0.25) is 0 Å². The molecule has 104 valence electrons. The van der Waals surface area contributed by atoms with Crippen molar-refractivity contribution in [1.29, 1.82) is 0 Å². The van der Waals surface area contributed by atoms with Crippen LogP contribution in [-0.2, 0) is 9.53 Å². The van der Waals surface area contributed by atoms with Crippen LogP contribution in [0.1, 0.15) is 38.2 Å². The van der Waals surface area contributed by atoms with Gasteiger partial charge in [0.25, 0.3) is 0 Å². The molecule has 3 heteroatoms. The lowest BCUT2D eigenvalue weighted by Gasteiger charge is -2.29. The molecule has 1 aromatic carbocycles. The Balaban J connectivity index is 2.25. The monoisotopic (exact) mass is 261 g/mol. The summed E-state index contributed by atoms with van der Waals surface area (Å²) in [5.41, 5.74) is 1.65. The molecule has 1 fully saturated rings. The topological polar surface area (TPSA) is 38.3 Å². The molecule has 2 atom stereocenters. The number of rotatable bonds is 4. The molecule has 1 saturated carbocycles. The third-order valence-electron chi connectivity index (χ3n) is 4.29. The first-order valence-electron chi connectivity index (χ1n) is 7.03. The minimum absolute atomic E-state index is 0.133. The minimum atomic E-state index is -0.540. The van der Waals surface area contributed by atoms with Crippen LogP contribution < -0.4 is 5.32 Å². The second-order valence-corrected chi connectivity index (χ2v) is 5.53. The summed E-state index contributed by atoms with van der Waals surface area (Å²) < 4.78 is 5.04. The van der Waals surface area contributed by atoms with Gasteiger partial charge >= 0.3 is 5.97 Å². The van der Waals surface area contributed by atoms with E-state index in [1.54, 1.807) is 0 Å². The molecule has 19 heavy (non-hydrogen) atoms. The van der Waals surface area contributed by atoms with Crippen molar-refractivity contribution < 1.29 is 9.53 Å². The standard InChI is InChI=1S/C16H23NO2/c1-4-13-9-10-16(11-13,15(18)19-3)17-14-8-6-5-7-12(14)2/h5-8,13,17H,4,9-11H2,1-3H3. The Kier molecular flexibility index (Phi) is 4.13. The lowest BCUT2D eigenvalue weighted by atomic mass is 9.94. The van der Waals surface area contributed by atoms with E-state index >= 15 is 0 Å². The molecule has 2 unspecified atom stereocenters. The fourth-order valence-corrected chi connectivity index (χ4v) is 3.01. The second-order valence-electron chi connectivity index (χ2n) is 5.53. The minimum Gasteiger partial charge on any atom is -0.467 e. The van der Waals surface area contributed by atoms with E-state index in [4.69, 9.17) is 4.74 Å². The number of carbonyl (C=O) groups is 1. The number of methoxy groups -OCH3 is 1. The van der Waals surface area contributed by atoms with Gasteiger partial charge in [-0.05, 0) is 43.7 Å². The van der Waals surface area contributed by atoms with Crippen molar-refractivity contribution in [2.75, 3.05) is 12.4 Å². The molecule has 0 saturated heterocycles. The molecule has 0 heterocycles. The highest BCUT2D eigenvalue weighted by Gasteiger charge is 2.45. The van der Waals surface area contributed by atoms with Crippen molar-refractivity contribution in [2.45, 2.75) is 45.1 Å². The molecular weight excluding hydrogens is 238 g/mol. The van der Waals surface area contributed by atoms with Crippen molar-refractivity contribution >= 4 is 11.7 Å². The third-order valence-corrected chi connectivity index (χ3v) is 4.29. The first-order chi connectivity index (χ1) is 9.11. The van der Waals surface area contributed by atoms with E-state index in [-0.39, 0.29) is 5.97 Å². The van der Waals surface area contributed by atoms with Gasteiger partial charge in [0.05, 0.1) is 7.11 Å². The molecule has 1 aromatic rings. The predicted molar refractivity (Wildman–Crippen MR) is 77.2 cm³/mol. The van der Waals surface area contributed by atoms with E-state index in [0.717, 1.165) is 36.9 Å². The Hall–Kier alpha value is -1.51. The van der Waals surface area contributed by atoms with Gasteiger partial charge in [-0.2, -0.15) is 0 Å². The van der Waals surface area contributed by atoms with E-state index in [1.165, 1.54) is 7.11 Å². The Morgan fingerprint density at radius 2 is 2.21 bits per heavy atom. The van der Waals surface area contributed by atoms with Crippen molar-refractivity contribution in [3.63, 3.8) is 0 Å². The molecule has 1 aliphatic rings. The number of para-hydroxylation sites is 1. The summed E-state index contributed by atoms with van der Waals surface area (Å²) in [6.07, 6.45) is 3.93. The summed E-state index contributed by atoms with van der Waals surface area (Å²) >= 11 is 0. The summed E-state index contributed by atoms with van der Waals surface area (Å²) in [5, 5.41) is 3.46. The maximum Gasteiger partial charge on any atom is 0.331 e. The van der Waals surface area contributed by atoms with Crippen molar-refractivity contribution in [3.8, 4) is 0 Å². The number of aryl methyl sites for hydroxylation is 1. The summed E-state index contributed by atoms with van der Waals surface area (Å²) in [7, 11) is 1.48. The Morgan fingerprint density at radius 3 is 2.79 bits per heavy atom. The highest BCUT2D eigenvalue weighted by atomic mass is 16.5. The summed E-state index contributed by atoms with van der Waals surface area (Å²) in [5.74, 6) is 0.474. The average molecular weight is 261 g/mol. The van der Waals surface area contributed by atoms with Gasteiger partial charge in [-0.1, -0.05) is 31.5 Å². The number of carbonyl (C=O) groups excluding carboxylic acids is 1. The van der Waals surface area contributed by atoms with Crippen LogP contribution in [0.15, 0.2) is 24.3 Å². The molecule has 0 aliphatic heterocycles. The SMILES string of the molecule is CCC1CCC(Nc2ccccc2C)(C(=O)OC)C1. The average Bonchev–Trinajstić information content (AvgIpc) is 2.85. The van der Waals surface area contributed by atoms with E-state index in [9.17, 15) is 4.79 Å². The molecule has 3 nitrogen and oxygen atoms in total. The second kappa shape index (κ2) is 5.64. The van der Waals surface area contributed by atoms with Crippen LogP contribution in [0, 0.1) is 12.8 Å². The normalized spacial score (nSPS) is 26.2. The van der Waals surface area contributed by atoms with E-state index < -0.39 is 5.54 Å². The number of nitrogens with one attached hydrogen (secondary N) is 1. The highest BCUT2D eigenvalue weighted by Crippen LogP contribution is 2.40. The highest BCUT2D eigenvalue weighted by molar-refractivity contribution is 5.85. The van der Waals surface area contributed by atoms with Crippen LogP contribution in [0.4, 0.5) is 5.69 Å². The van der Waals surface area contributed by atoms with Gasteiger partial charge in [-0.15, -0.1) is 0 Å². The first-order valence-corrected chi connectivity index (χ1v) is 7.03. The Bertz CT molecular complexity index is 458. The van der Waals surface area contributed by atoms with E-state index in [0.29, 0.717) is 5.92 Å². The number of hydrogen-bond donors (Lipinski definition) is 1. The lowest BCUT2D eigenvalue weighted by Crippen LogP contribution is -2.45. The van der Waals surface area contributed by atoms with Crippen molar-refractivity contribution in [1.82, 2.24) is 0 Å². The van der Waals surface area contributed by atoms with Crippen LogP contribution in [0.3, 0.4) is 0 Å². The van der Waals surface area contributed by atoms with Gasteiger partial charge in [-0.3, -0.25) is 0 Å². The molecule has 0 radical (unpaired) electrons. The van der Waals surface area contributed by atoms with E-state index in [1.807, 2.05) is 18.2 Å². The van der Waals surface area contributed by atoms with Crippen LogP contribution in [-0.4, -0.2) is 18.6 Å². The van der Waals surface area contributed by atoms with Gasteiger partial charge in [-0.25, -0.2) is 4.79 Å². The molecule has 0 bridgehead atoms. The molecule has 1 N–H and O–H groups in total. The fraction of sp³-hybridized carbons (Fsp3) is 0.562. The molecule has 2 rings (SSSR count). The van der Waals surface area contributed by atoms with Gasteiger partial charge in [0, 0.05) is 5.69 Å². The maximum absolute atomic E-state index is 12.2. The summed E-state index contributed by atoms with van der Waals surface area (Å²) in [6, 6.07) is 8.08. The predicted octanol–water partition coefficient (Wildman–Crippen LogP) is 3.53. The zero-order valence-corrected chi connectivity index (χ0v) is 12.0. The van der Waals surface area contributed by atoms with Gasteiger partial charge in [0.15, 0.2) is 0 Å². The smallest absolute Gasteiger partial charge is 0.331 e. The maximum atomic E-state index is 12.2. The largest absolute Gasteiger partial charge is 0.467 e. The van der Waals surface area contributed by atoms with Crippen LogP contribution >= 0.6 is 0 Å². The molecule has 0 spiro atoms. The lowest BCUT2D eigenvalue weighted by molar-refractivity contribution is -0.145. The number of hydrogen-bond acceptors (Lipinski definition) is 3. The molecule has 1 aliphatic carbocycles. The molecular formula is C16H23NO2. The summed E-state index contributed by atoms with van der Waals surface area (Å²) in [6.45, 7) is 4.24. The van der Waals surface area contributed by atoms with Crippen LogP contribution in [0.5, 0.6) is 0 Å². The Labute approximate surface area is 115 Å². The number of anilines is 1. The number of benzene rings is 1. The van der Waals surface area contributed by atoms with Crippen LogP contribution in [0.25, 0.3) is 0 Å². The van der Waals surface area contributed by atoms with Gasteiger partial charge < -0.3 is 10.1 Å². The van der Waals surface area contributed by atoms with Crippen molar-refractivity contribution in [2.24, 2.45) is 5.92 Å². The zero-order valence-electron chi connectivity index (χ0n) is 12.0. The van der Waals surface area contributed by atoms with Crippen molar-refractivity contribution in [3.05, 3.63) is 29.8 Å². The number of ether oxygens (including phenoxy) is 1. The Morgan fingerprint density at radius 1 is 1.47 bits per heavy atom. The van der Waals surface area contributed by atoms with Crippen LogP contribution in [0.2, 0.25) is 0 Å². The summed E-state index contributed by atoms with van der Waals surface area (Å²) in [4.78, 5) is 12.2. The third kappa shape index (κ3) is 2.75. The molecule has 0 aromatic heterocycles. The quantitative estimate of drug-likeness (QED) is 0.843. The number of esters is 1. The first kappa shape index (κ1) is 13.9. The fourth-order valence-electron chi connectivity index (χ4n) is 3.01.